The first-order valence-corrected chi connectivity index (χ1v) is 6.26. The van der Waals surface area contributed by atoms with Crippen molar-refractivity contribution in [3.63, 3.8) is 0 Å². The standard InChI is InChI=1S/C15H23N/c1-12-5-7-13(8-6-12)15(2,3)11-16(4)14-9-10-14/h5-8,14H,9-11H2,1-4H3. The van der Waals surface area contributed by atoms with Crippen LogP contribution in [0.5, 0.6) is 0 Å². The maximum Gasteiger partial charge on any atom is 0.00937 e. The van der Waals surface area contributed by atoms with Gasteiger partial charge in [-0.2, -0.15) is 0 Å². The summed E-state index contributed by atoms with van der Waals surface area (Å²) in [6.07, 6.45) is 2.78. The fourth-order valence-electron chi connectivity index (χ4n) is 2.36. The molecule has 0 heterocycles. The van der Waals surface area contributed by atoms with E-state index in [0.29, 0.717) is 0 Å². The van der Waals surface area contributed by atoms with Crippen LogP contribution in [0.15, 0.2) is 24.3 Å². The van der Waals surface area contributed by atoms with E-state index in [4.69, 9.17) is 0 Å². The molecular weight excluding hydrogens is 194 g/mol. The van der Waals surface area contributed by atoms with Gasteiger partial charge in [0.15, 0.2) is 0 Å². The molecule has 0 atom stereocenters. The maximum atomic E-state index is 2.51. The van der Waals surface area contributed by atoms with E-state index in [0.717, 1.165) is 12.6 Å². The van der Waals surface area contributed by atoms with E-state index >= 15 is 0 Å². The Morgan fingerprint density at radius 2 is 1.75 bits per heavy atom. The molecule has 0 unspecified atom stereocenters. The van der Waals surface area contributed by atoms with E-state index in [1.165, 1.54) is 24.0 Å². The Morgan fingerprint density at radius 1 is 1.19 bits per heavy atom. The number of hydrogen-bond donors (Lipinski definition) is 0. The average molecular weight is 217 g/mol. The Balaban J connectivity index is 2.07. The van der Waals surface area contributed by atoms with E-state index in [9.17, 15) is 0 Å². The van der Waals surface area contributed by atoms with Crippen molar-refractivity contribution < 1.29 is 0 Å². The zero-order valence-electron chi connectivity index (χ0n) is 11.0. The van der Waals surface area contributed by atoms with Crippen LogP contribution in [0.25, 0.3) is 0 Å². The van der Waals surface area contributed by atoms with Gasteiger partial charge in [0.2, 0.25) is 0 Å². The van der Waals surface area contributed by atoms with E-state index in [2.05, 4.69) is 57.0 Å². The molecule has 16 heavy (non-hydrogen) atoms. The molecule has 0 radical (unpaired) electrons. The van der Waals surface area contributed by atoms with Gasteiger partial charge < -0.3 is 4.90 Å². The van der Waals surface area contributed by atoms with Gasteiger partial charge in [-0.15, -0.1) is 0 Å². The molecule has 0 saturated heterocycles. The highest BCUT2D eigenvalue weighted by Crippen LogP contribution is 2.30. The van der Waals surface area contributed by atoms with Crippen molar-refractivity contribution in [3.05, 3.63) is 35.4 Å². The molecule has 1 saturated carbocycles. The van der Waals surface area contributed by atoms with E-state index in [1.807, 2.05) is 0 Å². The minimum absolute atomic E-state index is 0.255. The lowest BCUT2D eigenvalue weighted by Crippen LogP contribution is -2.35. The first-order chi connectivity index (χ1) is 7.49. The van der Waals surface area contributed by atoms with Crippen LogP contribution in [0.3, 0.4) is 0 Å². The van der Waals surface area contributed by atoms with Crippen LogP contribution in [0.1, 0.15) is 37.8 Å². The van der Waals surface area contributed by atoms with Crippen molar-refractivity contribution >= 4 is 0 Å². The summed E-state index contributed by atoms with van der Waals surface area (Å²) in [6.45, 7) is 7.99. The molecule has 1 aliphatic rings. The SMILES string of the molecule is Cc1ccc(C(C)(C)CN(C)C2CC2)cc1. The van der Waals surface area contributed by atoms with Crippen LogP contribution in [0.2, 0.25) is 0 Å². The van der Waals surface area contributed by atoms with E-state index in [-0.39, 0.29) is 5.41 Å². The summed E-state index contributed by atoms with van der Waals surface area (Å²) < 4.78 is 0. The summed E-state index contributed by atoms with van der Waals surface area (Å²) in [7, 11) is 2.26. The molecule has 0 amide bonds. The molecule has 0 N–H and O–H groups in total. The number of benzene rings is 1. The normalized spacial score (nSPS) is 16.8. The van der Waals surface area contributed by atoms with E-state index < -0.39 is 0 Å². The molecule has 2 rings (SSSR count). The number of nitrogens with zero attached hydrogens (tertiary/aromatic N) is 1. The fraction of sp³-hybridized carbons (Fsp3) is 0.600. The second-order valence-corrected chi connectivity index (χ2v) is 5.90. The van der Waals surface area contributed by atoms with Crippen molar-refractivity contribution in [3.8, 4) is 0 Å². The number of likely N-dealkylation sites (N-methyl/N-ethyl adjacent to an activating group) is 1. The van der Waals surface area contributed by atoms with Gasteiger partial charge in [0.1, 0.15) is 0 Å². The molecule has 0 aliphatic heterocycles. The number of rotatable bonds is 4. The van der Waals surface area contributed by atoms with Crippen LogP contribution >= 0.6 is 0 Å². The molecule has 0 spiro atoms. The van der Waals surface area contributed by atoms with Gasteiger partial charge in [-0.3, -0.25) is 0 Å². The van der Waals surface area contributed by atoms with Crippen LogP contribution < -0.4 is 0 Å². The highest BCUT2D eigenvalue weighted by atomic mass is 15.2. The molecule has 0 bridgehead atoms. The Hall–Kier alpha value is -0.820. The van der Waals surface area contributed by atoms with Crippen molar-refractivity contribution in [2.75, 3.05) is 13.6 Å². The first-order valence-electron chi connectivity index (χ1n) is 6.26. The van der Waals surface area contributed by atoms with Gasteiger partial charge in [0, 0.05) is 18.0 Å². The summed E-state index contributed by atoms with van der Waals surface area (Å²) in [4.78, 5) is 2.51. The summed E-state index contributed by atoms with van der Waals surface area (Å²) in [5.41, 5.74) is 3.05. The van der Waals surface area contributed by atoms with Gasteiger partial charge in [-0.05, 0) is 32.4 Å². The third-order valence-electron chi connectivity index (χ3n) is 3.65. The summed E-state index contributed by atoms with van der Waals surface area (Å²) >= 11 is 0. The number of aryl methyl sites for hydroxylation is 1. The smallest absolute Gasteiger partial charge is 0.00937 e. The predicted molar refractivity (Wildman–Crippen MR) is 69.9 cm³/mol. The summed E-state index contributed by atoms with van der Waals surface area (Å²) in [5, 5.41) is 0. The zero-order chi connectivity index (χ0) is 11.8. The van der Waals surface area contributed by atoms with Crippen molar-refractivity contribution in [1.82, 2.24) is 4.90 Å². The van der Waals surface area contributed by atoms with Crippen molar-refractivity contribution in [2.24, 2.45) is 0 Å². The van der Waals surface area contributed by atoms with Gasteiger partial charge in [-0.1, -0.05) is 43.7 Å². The molecule has 1 heteroatoms. The second kappa shape index (κ2) is 4.21. The monoisotopic (exact) mass is 217 g/mol. The molecule has 88 valence electrons. The zero-order valence-corrected chi connectivity index (χ0v) is 11.0. The maximum absolute atomic E-state index is 2.51. The van der Waals surface area contributed by atoms with Crippen LogP contribution in [-0.2, 0) is 5.41 Å². The minimum Gasteiger partial charge on any atom is -0.303 e. The Labute approximate surface area is 99.5 Å². The first kappa shape index (κ1) is 11.7. The Morgan fingerprint density at radius 3 is 2.25 bits per heavy atom. The third-order valence-corrected chi connectivity index (χ3v) is 3.65. The molecule has 1 nitrogen and oxygen atoms in total. The van der Waals surface area contributed by atoms with Gasteiger partial charge in [-0.25, -0.2) is 0 Å². The van der Waals surface area contributed by atoms with Crippen molar-refractivity contribution in [1.29, 1.82) is 0 Å². The van der Waals surface area contributed by atoms with Gasteiger partial charge in [0.25, 0.3) is 0 Å². The lowest BCUT2D eigenvalue weighted by atomic mass is 9.84. The summed E-state index contributed by atoms with van der Waals surface area (Å²) in [6, 6.07) is 9.83. The lowest BCUT2D eigenvalue weighted by Gasteiger charge is -2.31. The van der Waals surface area contributed by atoms with Gasteiger partial charge >= 0.3 is 0 Å². The average Bonchev–Trinajstić information content (AvgIpc) is 3.00. The molecule has 0 aromatic heterocycles. The van der Waals surface area contributed by atoms with Crippen LogP contribution in [0, 0.1) is 6.92 Å². The highest BCUT2D eigenvalue weighted by molar-refractivity contribution is 5.27. The highest BCUT2D eigenvalue weighted by Gasteiger charge is 2.31. The Kier molecular flexibility index (Phi) is 3.07. The predicted octanol–water partition coefficient (Wildman–Crippen LogP) is 3.37. The van der Waals surface area contributed by atoms with Crippen LogP contribution in [0.4, 0.5) is 0 Å². The number of hydrogen-bond acceptors (Lipinski definition) is 1. The largest absolute Gasteiger partial charge is 0.303 e. The molecule has 1 aromatic carbocycles. The topological polar surface area (TPSA) is 3.24 Å². The van der Waals surface area contributed by atoms with Crippen LogP contribution in [-0.4, -0.2) is 24.5 Å². The quantitative estimate of drug-likeness (QED) is 0.747. The van der Waals surface area contributed by atoms with E-state index in [1.54, 1.807) is 0 Å². The van der Waals surface area contributed by atoms with Gasteiger partial charge in [0.05, 0.1) is 0 Å². The third kappa shape index (κ3) is 2.65. The van der Waals surface area contributed by atoms with Crippen molar-refractivity contribution in [2.45, 2.75) is 45.1 Å². The molecule has 1 fully saturated rings. The Bertz CT molecular complexity index is 346. The lowest BCUT2D eigenvalue weighted by molar-refractivity contribution is 0.259. The molecular formula is C15H23N. The second-order valence-electron chi connectivity index (χ2n) is 5.90. The fourth-order valence-corrected chi connectivity index (χ4v) is 2.36. The molecule has 1 aromatic rings. The summed E-state index contributed by atoms with van der Waals surface area (Å²) in [5.74, 6) is 0. The molecule has 1 aliphatic carbocycles. The minimum atomic E-state index is 0.255.